The fourth-order valence-electron chi connectivity index (χ4n) is 2.25. The van der Waals surface area contributed by atoms with Gasteiger partial charge in [-0.3, -0.25) is 0 Å². The highest BCUT2D eigenvalue weighted by atomic mass is 32.2. The minimum atomic E-state index is 0.150. The van der Waals surface area contributed by atoms with Crippen LogP contribution in [0.3, 0.4) is 0 Å². The molecule has 0 amide bonds. The largest absolute Gasteiger partial charge is 0.493 e. The topological polar surface area (TPSA) is 35.5 Å². The zero-order chi connectivity index (χ0) is 13.7. The first-order valence-electron chi connectivity index (χ1n) is 6.61. The van der Waals surface area contributed by atoms with E-state index in [-0.39, 0.29) is 12.0 Å². The molecule has 2 atom stereocenters. The van der Waals surface area contributed by atoms with Gasteiger partial charge in [-0.15, -0.1) is 0 Å². The van der Waals surface area contributed by atoms with Crippen LogP contribution in [0, 0.1) is 0 Å². The van der Waals surface area contributed by atoms with Crippen LogP contribution in [0.15, 0.2) is 18.2 Å². The molecule has 0 aliphatic carbocycles. The number of aldehydes is 1. The second-order valence-corrected chi connectivity index (χ2v) is 5.94. The van der Waals surface area contributed by atoms with Crippen molar-refractivity contribution in [3.05, 3.63) is 23.8 Å². The van der Waals surface area contributed by atoms with Gasteiger partial charge in [0.05, 0.1) is 7.11 Å². The third-order valence-corrected chi connectivity index (χ3v) is 4.51. The first-order valence-corrected chi connectivity index (χ1v) is 7.76. The Morgan fingerprint density at radius 1 is 1.53 bits per heavy atom. The van der Waals surface area contributed by atoms with E-state index in [1.54, 1.807) is 7.11 Å². The second-order valence-electron chi connectivity index (χ2n) is 4.79. The number of methoxy groups -OCH3 is 1. The molecule has 1 aliphatic heterocycles. The van der Waals surface area contributed by atoms with Gasteiger partial charge < -0.3 is 14.3 Å². The first-order chi connectivity index (χ1) is 9.26. The van der Waals surface area contributed by atoms with Crippen molar-refractivity contribution in [3.63, 3.8) is 0 Å². The molecule has 0 saturated carbocycles. The van der Waals surface area contributed by atoms with Gasteiger partial charge in [0.15, 0.2) is 11.5 Å². The van der Waals surface area contributed by atoms with Gasteiger partial charge in [-0.05, 0) is 24.2 Å². The van der Waals surface area contributed by atoms with Crippen LogP contribution in [0.1, 0.15) is 31.2 Å². The van der Waals surface area contributed by atoms with Crippen molar-refractivity contribution in [3.8, 4) is 11.5 Å². The number of carbonyl (C=O) groups excluding carboxylic acids is 1. The minimum Gasteiger partial charge on any atom is -0.493 e. The monoisotopic (exact) mass is 280 g/mol. The van der Waals surface area contributed by atoms with Gasteiger partial charge in [0.2, 0.25) is 0 Å². The lowest BCUT2D eigenvalue weighted by atomic mass is 9.97. The Labute approximate surface area is 118 Å². The van der Waals surface area contributed by atoms with Crippen molar-refractivity contribution in [1.82, 2.24) is 0 Å². The van der Waals surface area contributed by atoms with Crippen LogP contribution >= 0.6 is 11.8 Å². The van der Waals surface area contributed by atoms with E-state index in [4.69, 9.17) is 9.47 Å². The summed E-state index contributed by atoms with van der Waals surface area (Å²) < 4.78 is 11.5. The lowest BCUT2D eigenvalue weighted by molar-refractivity contribution is -0.108. The molecule has 2 unspecified atom stereocenters. The third-order valence-electron chi connectivity index (χ3n) is 3.38. The Morgan fingerprint density at radius 2 is 2.37 bits per heavy atom. The Balaban J connectivity index is 2.27. The van der Waals surface area contributed by atoms with Crippen LogP contribution in [0.25, 0.3) is 0 Å². The molecule has 4 heteroatoms. The lowest BCUT2D eigenvalue weighted by Crippen LogP contribution is -2.17. The smallest absolute Gasteiger partial charge is 0.165 e. The minimum absolute atomic E-state index is 0.150. The van der Waals surface area contributed by atoms with Gasteiger partial charge in [0.25, 0.3) is 0 Å². The fourth-order valence-corrected chi connectivity index (χ4v) is 3.35. The van der Waals surface area contributed by atoms with E-state index >= 15 is 0 Å². The van der Waals surface area contributed by atoms with E-state index in [2.05, 4.69) is 0 Å². The van der Waals surface area contributed by atoms with Gasteiger partial charge in [0, 0.05) is 17.7 Å². The van der Waals surface area contributed by atoms with Gasteiger partial charge in [-0.25, -0.2) is 0 Å². The predicted molar refractivity (Wildman–Crippen MR) is 78.4 cm³/mol. The molecule has 1 saturated heterocycles. The van der Waals surface area contributed by atoms with Crippen molar-refractivity contribution in [1.29, 1.82) is 0 Å². The quantitative estimate of drug-likeness (QED) is 0.749. The number of carbonyl (C=O) groups is 1. The Morgan fingerprint density at radius 3 is 3.00 bits per heavy atom. The maximum atomic E-state index is 10.7. The Hall–Kier alpha value is -1.16. The molecular formula is C15H20O3S. The molecule has 1 fully saturated rings. The second kappa shape index (κ2) is 6.85. The van der Waals surface area contributed by atoms with Crippen molar-refractivity contribution < 1.29 is 14.3 Å². The van der Waals surface area contributed by atoms with Crippen molar-refractivity contribution in [2.24, 2.45) is 0 Å². The van der Waals surface area contributed by atoms with Gasteiger partial charge in [-0.2, -0.15) is 11.8 Å². The third kappa shape index (κ3) is 3.44. The van der Waals surface area contributed by atoms with E-state index in [0.29, 0.717) is 6.42 Å². The van der Waals surface area contributed by atoms with E-state index < -0.39 is 0 Å². The standard InChI is InChI=1S/C15H20O3S/c1-11(6-8-16)13-4-3-5-14(17-2)15(13)18-12-7-9-19-10-12/h3-5,8,11-12H,6-7,9-10H2,1-2H3. The average molecular weight is 280 g/mol. The predicted octanol–water partition coefficient (Wildman–Crippen LogP) is 3.27. The van der Waals surface area contributed by atoms with Crippen molar-refractivity contribution in [2.45, 2.75) is 31.8 Å². The lowest BCUT2D eigenvalue weighted by Gasteiger charge is -2.21. The highest BCUT2D eigenvalue weighted by molar-refractivity contribution is 7.99. The number of hydrogen-bond acceptors (Lipinski definition) is 4. The van der Waals surface area contributed by atoms with Crippen LogP contribution in [-0.2, 0) is 4.79 Å². The molecule has 1 aromatic rings. The molecule has 2 rings (SSSR count). The Kier molecular flexibility index (Phi) is 5.14. The highest BCUT2D eigenvalue weighted by Crippen LogP contribution is 2.38. The summed E-state index contributed by atoms with van der Waals surface area (Å²) in [5.74, 6) is 3.90. The summed E-state index contributed by atoms with van der Waals surface area (Å²) in [5, 5.41) is 0. The number of benzene rings is 1. The summed E-state index contributed by atoms with van der Waals surface area (Å²) in [7, 11) is 1.65. The molecule has 0 radical (unpaired) electrons. The molecule has 0 bridgehead atoms. The molecule has 1 aromatic carbocycles. The zero-order valence-electron chi connectivity index (χ0n) is 11.4. The fraction of sp³-hybridized carbons (Fsp3) is 0.533. The van der Waals surface area contributed by atoms with Gasteiger partial charge in [-0.1, -0.05) is 19.1 Å². The summed E-state index contributed by atoms with van der Waals surface area (Å²) >= 11 is 1.92. The summed E-state index contributed by atoms with van der Waals surface area (Å²) in [6, 6.07) is 5.88. The van der Waals surface area contributed by atoms with Crippen LogP contribution < -0.4 is 9.47 Å². The van der Waals surface area contributed by atoms with Crippen LogP contribution in [0.4, 0.5) is 0 Å². The average Bonchev–Trinajstić information content (AvgIpc) is 2.92. The van der Waals surface area contributed by atoms with Gasteiger partial charge >= 0.3 is 0 Å². The Bertz CT molecular complexity index is 427. The van der Waals surface area contributed by atoms with E-state index in [9.17, 15) is 4.79 Å². The van der Waals surface area contributed by atoms with Crippen LogP contribution in [0.2, 0.25) is 0 Å². The van der Waals surface area contributed by atoms with Crippen molar-refractivity contribution >= 4 is 18.0 Å². The maximum Gasteiger partial charge on any atom is 0.165 e. The molecular weight excluding hydrogens is 260 g/mol. The maximum absolute atomic E-state index is 10.7. The van der Waals surface area contributed by atoms with E-state index in [0.717, 1.165) is 41.3 Å². The summed E-state index contributed by atoms with van der Waals surface area (Å²) in [6.45, 7) is 2.04. The summed E-state index contributed by atoms with van der Waals surface area (Å²) in [4.78, 5) is 10.7. The SMILES string of the molecule is COc1cccc(C(C)CC=O)c1OC1CCSC1. The molecule has 0 aromatic heterocycles. The molecule has 3 nitrogen and oxygen atoms in total. The van der Waals surface area contributed by atoms with E-state index in [1.165, 1.54) is 0 Å². The normalized spacial score (nSPS) is 20.0. The van der Waals surface area contributed by atoms with Crippen molar-refractivity contribution in [2.75, 3.05) is 18.6 Å². The summed E-state index contributed by atoms with van der Waals surface area (Å²) in [6.07, 6.45) is 2.79. The molecule has 104 valence electrons. The number of ether oxygens (including phenoxy) is 2. The molecule has 0 N–H and O–H groups in total. The van der Waals surface area contributed by atoms with Crippen LogP contribution in [0.5, 0.6) is 11.5 Å². The first kappa shape index (κ1) is 14.3. The van der Waals surface area contributed by atoms with E-state index in [1.807, 2.05) is 36.9 Å². The molecule has 0 spiro atoms. The number of rotatable bonds is 6. The zero-order valence-corrected chi connectivity index (χ0v) is 12.2. The number of thioether (sulfide) groups is 1. The highest BCUT2D eigenvalue weighted by Gasteiger charge is 2.22. The molecule has 1 aliphatic rings. The summed E-state index contributed by atoms with van der Waals surface area (Å²) in [5.41, 5.74) is 1.06. The molecule has 19 heavy (non-hydrogen) atoms. The molecule has 1 heterocycles. The number of para-hydroxylation sites is 1. The number of hydrogen-bond donors (Lipinski definition) is 0. The van der Waals surface area contributed by atoms with Gasteiger partial charge in [0.1, 0.15) is 12.4 Å². The van der Waals surface area contributed by atoms with Crippen LogP contribution in [-0.4, -0.2) is 31.0 Å².